The largest absolute Gasteiger partial charge is 0.311 e. The first kappa shape index (κ1) is 39.2. The summed E-state index contributed by atoms with van der Waals surface area (Å²) in [5.74, 6) is 0.198. The van der Waals surface area contributed by atoms with Gasteiger partial charge in [0, 0.05) is 23.0 Å². The first-order valence-corrected chi connectivity index (χ1v) is 21.8. The van der Waals surface area contributed by atoms with Crippen molar-refractivity contribution in [3.05, 3.63) is 284 Å². The number of hydrogen-bond acceptors (Lipinski definition) is 1. The molecule has 0 radical (unpaired) electrons. The normalized spacial score (nSPS) is 11.5. The van der Waals surface area contributed by atoms with Gasteiger partial charge in [0.2, 0.25) is 0 Å². The molecule has 0 bridgehead atoms. The van der Waals surface area contributed by atoms with E-state index in [-0.39, 0.29) is 5.92 Å². The minimum Gasteiger partial charge on any atom is -0.311 e. The van der Waals surface area contributed by atoms with E-state index in [9.17, 15) is 0 Å². The molecule has 10 rings (SSSR count). The Hall–Kier alpha value is -8.00. The van der Waals surface area contributed by atoms with Gasteiger partial charge in [-0.15, -0.1) is 0 Å². The molecule has 1 atom stereocenters. The van der Waals surface area contributed by atoms with Crippen molar-refractivity contribution in [3.8, 4) is 55.6 Å². The molecular weight excluding hydrogens is 759 g/mol. The van der Waals surface area contributed by atoms with Crippen LogP contribution in [0.15, 0.2) is 267 Å². The Balaban J connectivity index is 0.940. The topological polar surface area (TPSA) is 3.24 Å². The highest BCUT2D eigenvalue weighted by molar-refractivity contribution is 5.81. The van der Waals surface area contributed by atoms with Crippen LogP contribution in [0.2, 0.25) is 0 Å². The number of nitrogens with zero attached hydrogens (tertiary/aromatic N) is 1. The van der Waals surface area contributed by atoms with Crippen molar-refractivity contribution in [1.29, 1.82) is 0 Å². The lowest BCUT2D eigenvalue weighted by Gasteiger charge is -2.26. The Labute approximate surface area is 371 Å². The van der Waals surface area contributed by atoms with E-state index in [1.165, 1.54) is 72.3 Å². The summed E-state index contributed by atoms with van der Waals surface area (Å²) < 4.78 is 0. The van der Waals surface area contributed by atoms with Gasteiger partial charge in [-0.2, -0.15) is 0 Å². The molecule has 0 aliphatic heterocycles. The Morgan fingerprint density at radius 1 is 0.222 bits per heavy atom. The third-order valence-corrected chi connectivity index (χ3v) is 12.2. The Bertz CT molecular complexity index is 2900. The molecule has 0 fully saturated rings. The lowest BCUT2D eigenvalue weighted by atomic mass is 9.84. The molecule has 0 saturated heterocycles. The minimum absolute atomic E-state index is 0.198. The highest BCUT2D eigenvalue weighted by Gasteiger charge is 2.18. The molecule has 0 saturated carbocycles. The summed E-state index contributed by atoms with van der Waals surface area (Å²) in [6, 6.07) is 96.6. The highest BCUT2D eigenvalue weighted by Crippen LogP contribution is 2.39. The predicted octanol–water partition coefficient (Wildman–Crippen LogP) is 16.9. The lowest BCUT2D eigenvalue weighted by Crippen LogP contribution is -2.09. The molecule has 0 heterocycles. The van der Waals surface area contributed by atoms with Crippen molar-refractivity contribution < 1.29 is 0 Å². The Morgan fingerprint density at radius 3 is 0.714 bits per heavy atom. The molecule has 0 aliphatic carbocycles. The zero-order chi connectivity index (χ0) is 42.2. The fourth-order valence-electron chi connectivity index (χ4n) is 8.69. The average Bonchev–Trinajstić information content (AvgIpc) is 3.38. The summed E-state index contributed by atoms with van der Waals surface area (Å²) in [7, 11) is 0. The third kappa shape index (κ3) is 8.91. The van der Waals surface area contributed by atoms with Gasteiger partial charge in [-0.05, 0) is 115 Å². The van der Waals surface area contributed by atoms with Crippen molar-refractivity contribution in [3.63, 3.8) is 0 Å². The van der Waals surface area contributed by atoms with Crippen molar-refractivity contribution in [2.45, 2.75) is 12.3 Å². The second-order valence-electron chi connectivity index (χ2n) is 16.1. The fourth-order valence-corrected chi connectivity index (χ4v) is 8.69. The summed E-state index contributed by atoms with van der Waals surface area (Å²) in [4.78, 5) is 2.34. The van der Waals surface area contributed by atoms with Gasteiger partial charge in [0.05, 0.1) is 0 Å². The summed E-state index contributed by atoms with van der Waals surface area (Å²) in [6.45, 7) is 0. The number of hydrogen-bond donors (Lipinski definition) is 0. The molecule has 300 valence electrons. The first-order chi connectivity index (χ1) is 31.2. The molecule has 1 nitrogen and oxygen atoms in total. The summed E-state index contributed by atoms with van der Waals surface area (Å²) in [6.07, 6.45) is 0.905. The van der Waals surface area contributed by atoms with E-state index in [1.807, 2.05) is 0 Å². The van der Waals surface area contributed by atoms with E-state index in [1.54, 1.807) is 0 Å². The van der Waals surface area contributed by atoms with E-state index >= 15 is 0 Å². The molecule has 0 N–H and O–H groups in total. The molecular formula is C62H47N. The maximum atomic E-state index is 2.34. The lowest BCUT2D eigenvalue weighted by molar-refractivity contribution is 0.805. The van der Waals surface area contributed by atoms with Crippen LogP contribution in [0.3, 0.4) is 0 Å². The van der Waals surface area contributed by atoms with Gasteiger partial charge in [0.15, 0.2) is 0 Å². The van der Waals surface area contributed by atoms with Crippen LogP contribution in [0.4, 0.5) is 17.1 Å². The van der Waals surface area contributed by atoms with Crippen LogP contribution in [0, 0.1) is 0 Å². The molecule has 10 aromatic rings. The van der Waals surface area contributed by atoms with Gasteiger partial charge in [-0.3, -0.25) is 0 Å². The van der Waals surface area contributed by atoms with Crippen LogP contribution in [0.1, 0.15) is 22.6 Å². The average molecular weight is 806 g/mol. The van der Waals surface area contributed by atoms with Crippen LogP contribution in [0.5, 0.6) is 0 Å². The van der Waals surface area contributed by atoms with E-state index in [2.05, 4.69) is 272 Å². The monoisotopic (exact) mass is 805 g/mol. The van der Waals surface area contributed by atoms with E-state index in [0.717, 1.165) is 23.5 Å². The molecule has 63 heavy (non-hydrogen) atoms. The SMILES string of the molecule is c1ccc(-c2ccc(CC(c3ccc(-c4ccccc4)cc3)c3ccc(-c4ccc(N(c5ccc(-c6ccccc6)cc5)c5ccc(-c6ccccc6)cc5)cc4)cc3)cc2)cc1. The van der Waals surface area contributed by atoms with Crippen LogP contribution in [-0.4, -0.2) is 0 Å². The number of benzene rings is 10. The number of rotatable bonds is 12. The zero-order valence-electron chi connectivity index (χ0n) is 35.1. The number of anilines is 3. The molecule has 0 aromatic heterocycles. The summed E-state index contributed by atoms with van der Waals surface area (Å²) in [5, 5.41) is 0. The Morgan fingerprint density at radius 2 is 0.444 bits per heavy atom. The second-order valence-corrected chi connectivity index (χ2v) is 16.1. The summed E-state index contributed by atoms with van der Waals surface area (Å²) in [5.41, 5.74) is 19.4. The molecule has 10 aromatic carbocycles. The van der Waals surface area contributed by atoms with Gasteiger partial charge >= 0.3 is 0 Å². The molecule has 0 aliphatic rings. The predicted molar refractivity (Wildman–Crippen MR) is 267 cm³/mol. The van der Waals surface area contributed by atoms with Crippen molar-refractivity contribution >= 4 is 17.1 Å². The first-order valence-electron chi connectivity index (χ1n) is 21.8. The molecule has 1 heteroatoms. The molecule has 0 spiro atoms. The van der Waals surface area contributed by atoms with Crippen LogP contribution in [-0.2, 0) is 6.42 Å². The van der Waals surface area contributed by atoms with E-state index < -0.39 is 0 Å². The van der Waals surface area contributed by atoms with Crippen LogP contribution in [0.25, 0.3) is 55.6 Å². The Kier molecular flexibility index (Phi) is 11.4. The van der Waals surface area contributed by atoms with Crippen molar-refractivity contribution in [2.75, 3.05) is 4.90 Å². The maximum Gasteiger partial charge on any atom is 0.0462 e. The minimum atomic E-state index is 0.198. The quantitative estimate of drug-likeness (QED) is 0.119. The highest BCUT2D eigenvalue weighted by atomic mass is 15.1. The zero-order valence-corrected chi connectivity index (χ0v) is 35.1. The fraction of sp³-hybridized carbons (Fsp3) is 0.0323. The smallest absolute Gasteiger partial charge is 0.0462 e. The molecule has 1 unspecified atom stereocenters. The summed E-state index contributed by atoms with van der Waals surface area (Å²) >= 11 is 0. The molecule has 0 amide bonds. The van der Waals surface area contributed by atoms with Crippen molar-refractivity contribution in [2.24, 2.45) is 0 Å². The van der Waals surface area contributed by atoms with Gasteiger partial charge in [-0.25, -0.2) is 0 Å². The van der Waals surface area contributed by atoms with Gasteiger partial charge < -0.3 is 4.90 Å². The second kappa shape index (κ2) is 18.3. The standard InChI is InChI=1S/C62H47N/c1-5-13-47(14-6-1)51-23-21-46(22-24-51)45-62(57-29-25-52(26-30-57)48-15-7-2-8-16-48)58-31-27-53(28-32-58)56-37-43-61(44-38-56)63(59-39-33-54(34-40-59)49-17-9-3-10-18-49)60-41-35-55(36-42-60)50-19-11-4-12-20-50/h1-44,62H,45H2. The van der Waals surface area contributed by atoms with Gasteiger partial charge in [-0.1, -0.05) is 231 Å². The maximum absolute atomic E-state index is 2.34. The van der Waals surface area contributed by atoms with E-state index in [4.69, 9.17) is 0 Å². The van der Waals surface area contributed by atoms with Gasteiger partial charge in [0.1, 0.15) is 0 Å². The van der Waals surface area contributed by atoms with Crippen molar-refractivity contribution in [1.82, 2.24) is 0 Å². The van der Waals surface area contributed by atoms with Crippen LogP contribution < -0.4 is 4.90 Å². The van der Waals surface area contributed by atoms with E-state index in [0.29, 0.717) is 0 Å². The third-order valence-electron chi connectivity index (χ3n) is 12.2. The van der Waals surface area contributed by atoms with Gasteiger partial charge in [0.25, 0.3) is 0 Å². The van der Waals surface area contributed by atoms with Crippen LogP contribution >= 0.6 is 0 Å².